The molecule has 1 aliphatic heterocycles. The first-order valence-corrected chi connectivity index (χ1v) is 8.11. The Labute approximate surface area is 142 Å². The minimum atomic E-state index is 0.0868. The van der Waals surface area contributed by atoms with Gasteiger partial charge in [-0.2, -0.15) is 0 Å². The molecule has 0 saturated carbocycles. The van der Waals surface area contributed by atoms with E-state index in [9.17, 15) is 4.79 Å². The van der Waals surface area contributed by atoms with Crippen LogP contribution in [0.1, 0.15) is 30.5 Å². The number of nitrogens with zero attached hydrogens (tertiary/aromatic N) is 1. The summed E-state index contributed by atoms with van der Waals surface area (Å²) in [6.07, 6.45) is 0.880. The number of anilines is 2. The van der Waals surface area contributed by atoms with Gasteiger partial charge in [-0.1, -0.05) is 30.0 Å². The van der Waals surface area contributed by atoms with E-state index in [0.29, 0.717) is 6.54 Å². The average Bonchev–Trinajstić information content (AvgIpc) is 2.61. The van der Waals surface area contributed by atoms with E-state index >= 15 is 0 Å². The van der Waals surface area contributed by atoms with E-state index in [0.717, 1.165) is 35.5 Å². The second-order valence-electron chi connectivity index (χ2n) is 5.80. The van der Waals surface area contributed by atoms with Crippen molar-refractivity contribution in [3.63, 3.8) is 0 Å². The summed E-state index contributed by atoms with van der Waals surface area (Å²) >= 11 is 0. The fourth-order valence-electron chi connectivity index (χ4n) is 3.04. The fourth-order valence-corrected chi connectivity index (χ4v) is 3.04. The zero-order valence-electron chi connectivity index (χ0n) is 13.8. The van der Waals surface area contributed by atoms with Crippen molar-refractivity contribution in [3.8, 4) is 11.8 Å². The van der Waals surface area contributed by atoms with E-state index in [1.165, 1.54) is 0 Å². The van der Waals surface area contributed by atoms with Gasteiger partial charge in [0.25, 0.3) is 0 Å². The maximum atomic E-state index is 11.8. The van der Waals surface area contributed by atoms with Crippen LogP contribution in [0.5, 0.6) is 0 Å². The Bertz CT molecular complexity index is 787. The molecule has 1 aliphatic rings. The molecule has 2 aromatic rings. The summed E-state index contributed by atoms with van der Waals surface area (Å²) in [6, 6.07) is 16.3. The van der Waals surface area contributed by atoms with E-state index in [-0.39, 0.29) is 11.9 Å². The van der Waals surface area contributed by atoms with Gasteiger partial charge in [0.15, 0.2) is 0 Å². The minimum absolute atomic E-state index is 0.0868. The van der Waals surface area contributed by atoms with Crippen LogP contribution in [0.4, 0.5) is 11.4 Å². The molecule has 1 atom stereocenters. The number of carbonyl (C=O) groups is 1. The molecule has 24 heavy (non-hydrogen) atoms. The molecule has 2 aromatic carbocycles. The molecule has 0 fully saturated rings. The number of carbonyl (C=O) groups excluding carboxylic acids is 1. The Hall–Kier alpha value is -2.77. The van der Waals surface area contributed by atoms with Crippen molar-refractivity contribution in [1.29, 1.82) is 0 Å². The standard InChI is InChI=1S/C20H21N3O/c1-15(24)23-14-12-19(18-6-2-3-7-20(18)23)22-17-10-8-16(9-11-17)5-4-13-21/h2-3,6-11,19,22H,12-14,21H2,1H3. The molecule has 1 unspecified atom stereocenters. The first-order chi connectivity index (χ1) is 11.7. The molecule has 1 heterocycles. The van der Waals surface area contributed by atoms with Gasteiger partial charge in [-0.05, 0) is 42.3 Å². The molecule has 3 rings (SSSR count). The van der Waals surface area contributed by atoms with Crippen molar-refractivity contribution in [2.24, 2.45) is 5.73 Å². The lowest BCUT2D eigenvalue weighted by Crippen LogP contribution is -2.36. The second-order valence-corrected chi connectivity index (χ2v) is 5.80. The summed E-state index contributed by atoms with van der Waals surface area (Å²) in [5, 5.41) is 3.57. The Morgan fingerprint density at radius 2 is 2.00 bits per heavy atom. The molecule has 0 radical (unpaired) electrons. The molecule has 122 valence electrons. The number of hydrogen-bond acceptors (Lipinski definition) is 3. The molecular weight excluding hydrogens is 298 g/mol. The molecule has 4 nitrogen and oxygen atoms in total. The van der Waals surface area contributed by atoms with Crippen LogP contribution in [-0.4, -0.2) is 19.0 Å². The van der Waals surface area contributed by atoms with Crippen molar-refractivity contribution in [1.82, 2.24) is 0 Å². The summed E-state index contributed by atoms with van der Waals surface area (Å²) in [5.41, 5.74) is 9.55. The SMILES string of the molecule is CC(=O)N1CCC(Nc2ccc(C#CCN)cc2)c2ccccc21. The number of para-hydroxylation sites is 1. The maximum absolute atomic E-state index is 11.8. The molecule has 0 spiro atoms. The predicted molar refractivity (Wildman–Crippen MR) is 97.8 cm³/mol. The number of nitrogens with one attached hydrogen (secondary N) is 1. The summed E-state index contributed by atoms with van der Waals surface area (Å²) in [6.45, 7) is 2.71. The van der Waals surface area contributed by atoms with Gasteiger partial charge in [0.05, 0.1) is 12.6 Å². The van der Waals surface area contributed by atoms with Crippen LogP contribution in [0, 0.1) is 11.8 Å². The molecule has 0 aliphatic carbocycles. The van der Waals surface area contributed by atoms with Crippen LogP contribution in [0.15, 0.2) is 48.5 Å². The van der Waals surface area contributed by atoms with Gasteiger partial charge >= 0.3 is 0 Å². The monoisotopic (exact) mass is 319 g/mol. The highest BCUT2D eigenvalue weighted by atomic mass is 16.2. The lowest BCUT2D eigenvalue weighted by molar-refractivity contribution is -0.116. The van der Waals surface area contributed by atoms with Crippen molar-refractivity contribution >= 4 is 17.3 Å². The molecule has 0 aromatic heterocycles. The number of rotatable bonds is 2. The Balaban J connectivity index is 1.80. The molecule has 4 heteroatoms. The normalized spacial score (nSPS) is 15.9. The first kappa shape index (κ1) is 16.1. The van der Waals surface area contributed by atoms with Crippen LogP contribution in [-0.2, 0) is 4.79 Å². The first-order valence-electron chi connectivity index (χ1n) is 8.11. The van der Waals surface area contributed by atoms with Crippen LogP contribution >= 0.6 is 0 Å². The molecule has 0 saturated heterocycles. The highest BCUT2D eigenvalue weighted by Gasteiger charge is 2.26. The minimum Gasteiger partial charge on any atom is -0.378 e. The van der Waals surface area contributed by atoms with Gasteiger partial charge in [0, 0.05) is 30.4 Å². The number of amides is 1. The molecule has 3 N–H and O–H groups in total. The summed E-state index contributed by atoms with van der Waals surface area (Å²) < 4.78 is 0. The van der Waals surface area contributed by atoms with Gasteiger partial charge in [-0.15, -0.1) is 0 Å². The maximum Gasteiger partial charge on any atom is 0.223 e. The van der Waals surface area contributed by atoms with Gasteiger partial charge < -0.3 is 16.0 Å². The third-order valence-electron chi connectivity index (χ3n) is 4.19. The number of benzene rings is 2. The fraction of sp³-hybridized carbons (Fsp3) is 0.250. The van der Waals surface area contributed by atoms with Gasteiger partial charge in [0.2, 0.25) is 5.91 Å². The quantitative estimate of drug-likeness (QED) is 0.837. The zero-order chi connectivity index (χ0) is 16.9. The Morgan fingerprint density at radius 3 is 2.71 bits per heavy atom. The molecular formula is C20H21N3O. The Morgan fingerprint density at radius 1 is 1.25 bits per heavy atom. The van der Waals surface area contributed by atoms with Crippen LogP contribution in [0.25, 0.3) is 0 Å². The van der Waals surface area contributed by atoms with E-state index in [2.05, 4.69) is 23.2 Å². The van der Waals surface area contributed by atoms with Gasteiger partial charge in [-0.25, -0.2) is 0 Å². The van der Waals surface area contributed by atoms with Crippen LogP contribution < -0.4 is 16.0 Å². The van der Waals surface area contributed by atoms with E-state index in [1.54, 1.807) is 6.92 Å². The topological polar surface area (TPSA) is 58.4 Å². The third kappa shape index (κ3) is 3.42. The van der Waals surface area contributed by atoms with E-state index in [1.807, 2.05) is 47.4 Å². The highest BCUT2D eigenvalue weighted by Crippen LogP contribution is 2.35. The van der Waals surface area contributed by atoms with Crippen molar-refractivity contribution < 1.29 is 4.79 Å². The largest absolute Gasteiger partial charge is 0.378 e. The van der Waals surface area contributed by atoms with Gasteiger partial charge in [-0.3, -0.25) is 4.79 Å². The summed E-state index contributed by atoms with van der Waals surface area (Å²) in [4.78, 5) is 13.7. The third-order valence-corrected chi connectivity index (χ3v) is 4.19. The average molecular weight is 319 g/mol. The van der Waals surface area contributed by atoms with Crippen molar-refractivity contribution in [2.75, 3.05) is 23.3 Å². The Kier molecular flexibility index (Phi) is 4.83. The van der Waals surface area contributed by atoms with Gasteiger partial charge in [0.1, 0.15) is 0 Å². The molecule has 1 amide bonds. The lowest BCUT2D eigenvalue weighted by Gasteiger charge is -2.34. The smallest absolute Gasteiger partial charge is 0.223 e. The van der Waals surface area contributed by atoms with Crippen LogP contribution in [0.3, 0.4) is 0 Å². The summed E-state index contributed by atoms with van der Waals surface area (Å²) in [7, 11) is 0. The summed E-state index contributed by atoms with van der Waals surface area (Å²) in [5.74, 6) is 5.96. The van der Waals surface area contributed by atoms with Crippen LogP contribution in [0.2, 0.25) is 0 Å². The molecule has 0 bridgehead atoms. The van der Waals surface area contributed by atoms with E-state index in [4.69, 9.17) is 5.73 Å². The predicted octanol–water partition coefficient (Wildman–Crippen LogP) is 2.91. The number of fused-ring (bicyclic) bond motifs is 1. The lowest BCUT2D eigenvalue weighted by atomic mass is 9.96. The van der Waals surface area contributed by atoms with Crippen molar-refractivity contribution in [3.05, 3.63) is 59.7 Å². The zero-order valence-corrected chi connectivity index (χ0v) is 13.8. The highest BCUT2D eigenvalue weighted by molar-refractivity contribution is 5.93. The second kappa shape index (κ2) is 7.20. The number of nitrogens with two attached hydrogens (primary N) is 1. The van der Waals surface area contributed by atoms with E-state index < -0.39 is 0 Å². The number of hydrogen-bond donors (Lipinski definition) is 2. The van der Waals surface area contributed by atoms with Crippen molar-refractivity contribution in [2.45, 2.75) is 19.4 Å².